The lowest BCUT2D eigenvalue weighted by molar-refractivity contribution is 0.259. The molecule has 4 rings (SSSR count). The number of piperazine rings is 1. The number of nitrogens with zero attached hydrogens (tertiary/aromatic N) is 4. The molecule has 0 spiro atoms. The van der Waals surface area contributed by atoms with Crippen molar-refractivity contribution in [1.82, 2.24) is 14.9 Å². The van der Waals surface area contributed by atoms with E-state index in [-0.39, 0.29) is 0 Å². The molecule has 3 N–H and O–H groups in total. The van der Waals surface area contributed by atoms with Gasteiger partial charge >= 0.3 is 6.03 Å². The summed E-state index contributed by atoms with van der Waals surface area (Å²) in [6.45, 7) is 4.01. The Bertz CT molecular complexity index is 1120. The molecular weight excluding hydrogens is 452 g/mol. The van der Waals surface area contributed by atoms with Gasteiger partial charge in [-0.1, -0.05) is 30.0 Å². The Balaban J connectivity index is 1.56. The fraction of sp³-hybridized carbons (Fsp3) is 0.292. The smallest absolute Gasteiger partial charge is 0.316 e. The van der Waals surface area contributed by atoms with Gasteiger partial charge < -0.3 is 30.3 Å². The number of amides is 2. The summed E-state index contributed by atoms with van der Waals surface area (Å²) < 4.78 is 11.4. The molecule has 1 saturated heterocycles. The molecule has 2 aromatic carbocycles. The molecular formula is C24H28N6O3S. The van der Waals surface area contributed by atoms with Crippen molar-refractivity contribution in [3.05, 3.63) is 60.3 Å². The number of nitrogens with one attached hydrogen (secondary N) is 1. The molecule has 0 radical (unpaired) electrons. The molecule has 34 heavy (non-hydrogen) atoms. The number of hydrogen-bond acceptors (Lipinski definition) is 8. The molecule has 0 atom stereocenters. The monoisotopic (exact) mass is 480 g/mol. The summed E-state index contributed by atoms with van der Waals surface area (Å²) in [7, 11) is 3.76. The largest absolute Gasteiger partial charge is 0.497 e. The zero-order valence-electron chi connectivity index (χ0n) is 19.2. The number of urea groups is 1. The van der Waals surface area contributed by atoms with Crippen LogP contribution in [0.4, 0.5) is 16.4 Å². The number of aromatic nitrogens is 2. The van der Waals surface area contributed by atoms with Gasteiger partial charge in [0.1, 0.15) is 12.4 Å². The first-order chi connectivity index (χ1) is 16.5. The van der Waals surface area contributed by atoms with Crippen LogP contribution in [0.5, 0.6) is 11.6 Å². The van der Waals surface area contributed by atoms with Crippen molar-refractivity contribution in [1.29, 1.82) is 0 Å². The van der Waals surface area contributed by atoms with Gasteiger partial charge in [-0.25, -0.2) is 9.78 Å². The maximum Gasteiger partial charge on any atom is 0.316 e. The Kier molecular flexibility index (Phi) is 7.71. The zero-order chi connectivity index (χ0) is 23.9. The van der Waals surface area contributed by atoms with Crippen molar-refractivity contribution in [2.24, 2.45) is 5.73 Å². The fourth-order valence-corrected chi connectivity index (χ4v) is 4.34. The maximum absolute atomic E-state index is 11.2. The number of likely N-dealkylation sites (N-methyl/N-ethyl adjacent to an activating group) is 1. The first kappa shape index (κ1) is 23.7. The van der Waals surface area contributed by atoms with Crippen molar-refractivity contribution >= 4 is 29.4 Å². The van der Waals surface area contributed by atoms with Gasteiger partial charge in [0.2, 0.25) is 11.8 Å². The van der Waals surface area contributed by atoms with E-state index in [2.05, 4.69) is 27.1 Å². The lowest BCUT2D eigenvalue weighted by atomic mass is 10.2. The molecule has 1 fully saturated rings. The van der Waals surface area contributed by atoms with Gasteiger partial charge in [0, 0.05) is 36.8 Å². The number of nitrogens with two attached hydrogens (primary N) is 1. The van der Waals surface area contributed by atoms with Gasteiger partial charge in [-0.15, -0.1) is 0 Å². The topological polar surface area (TPSA) is 106 Å². The summed E-state index contributed by atoms with van der Waals surface area (Å²) in [5, 5.41) is 2.60. The molecule has 2 amide bonds. The summed E-state index contributed by atoms with van der Waals surface area (Å²) in [5.74, 6) is 1.97. The third-order valence-corrected chi connectivity index (χ3v) is 6.35. The van der Waals surface area contributed by atoms with Crippen LogP contribution in [-0.4, -0.2) is 61.2 Å². The summed E-state index contributed by atoms with van der Waals surface area (Å²) in [6, 6.07) is 14.6. The average Bonchev–Trinajstić information content (AvgIpc) is 2.84. The molecule has 2 heterocycles. The van der Waals surface area contributed by atoms with E-state index in [4.69, 9.17) is 20.2 Å². The molecule has 0 bridgehead atoms. The predicted molar refractivity (Wildman–Crippen MR) is 133 cm³/mol. The number of primary amides is 1. The highest BCUT2D eigenvalue weighted by molar-refractivity contribution is 7.99. The fourth-order valence-electron chi connectivity index (χ4n) is 3.46. The van der Waals surface area contributed by atoms with Crippen LogP contribution in [0.25, 0.3) is 0 Å². The van der Waals surface area contributed by atoms with Crippen molar-refractivity contribution in [2.45, 2.75) is 16.4 Å². The number of anilines is 2. The van der Waals surface area contributed by atoms with Gasteiger partial charge in [-0.3, -0.25) is 0 Å². The quantitative estimate of drug-likeness (QED) is 0.505. The lowest BCUT2D eigenvalue weighted by Gasteiger charge is -2.32. The first-order valence-electron chi connectivity index (χ1n) is 10.9. The Morgan fingerprint density at radius 1 is 1.15 bits per heavy atom. The van der Waals surface area contributed by atoms with Crippen LogP contribution >= 0.6 is 11.8 Å². The number of carbonyl (C=O) groups excluding carboxylic acids is 1. The molecule has 9 nitrogen and oxygen atoms in total. The van der Waals surface area contributed by atoms with E-state index in [1.54, 1.807) is 19.4 Å². The van der Waals surface area contributed by atoms with E-state index >= 15 is 0 Å². The molecule has 1 aromatic heterocycles. The van der Waals surface area contributed by atoms with Gasteiger partial charge in [0.05, 0.1) is 18.2 Å². The SMILES string of the molecule is COc1ccc(COc2nc(N3CCN(C)CC3)ncc2Sc2cccc(NC(N)=O)c2)cc1. The number of benzene rings is 2. The van der Waals surface area contributed by atoms with Crippen molar-refractivity contribution in [2.75, 3.05) is 50.6 Å². The average molecular weight is 481 g/mol. The summed E-state index contributed by atoms with van der Waals surface area (Å²) >= 11 is 1.46. The number of methoxy groups -OCH3 is 1. The minimum Gasteiger partial charge on any atom is -0.497 e. The predicted octanol–water partition coefficient (Wildman–Crippen LogP) is 3.46. The molecule has 178 valence electrons. The second-order valence-corrected chi connectivity index (χ2v) is 9.00. The third-order valence-electron chi connectivity index (χ3n) is 5.36. The van der Waals surface area contributed by atoms with Crippen LogP contribution < -0.4 is 25.4 Å². The Morgan fingerprint density at radius 2 is 1.91 bits per heavy atom. The Morgan fingerprint density at radius 3 is 2.62 bits per heavy atom. The molecule has 3 aromatic rings. The van der Waals surface area contributed by atoms with E-state index in [1.165, 1.54) is 11.8 Å². The Labute approximate surface area is 203 Å². The van der Waals surface area contributed by atoms with E-state index in [0.29, 0.717) is 24.1 Å². The second kappa shape index (κ2) is 11.1. The minimum absolute atomic E-state index is 0.361. The Hall–Kier alpha value is -3.50. The third kappa shape index (κ3) is 6.30. The highest BCUT2D eigenvalue weighted by atomic mass is 32.2. The standard InChI is InChI=1S/C24H28N6O3S/c1-29-10-12-30(13-11-29)24-26-15-21(34-20-5-3-4-18(14-20)27-23(25)31)22(28-24)33-16-17-6-8-19(32-2)9-7-17/h3-9,14-15H,10-13,16H2,1-2H3,(H3,25,27,31). The van der Waals surface area contributed by atoms with Crippen LogP contribution in [0.2, 0.25) is 0 Å². The van der Waals surface area contributed by atoms with Gasteiger partial charge in [-0.2, -0.15) is 4.98 Å². The highest BCUT2D eigenvalue weighted by Crippen LogP contribution is 2.36. The van der Waals surface area contributed by atoms with Crippen LogP contribution in [0.1, 0.15) is 5.56 Å². The van der Waals surface area contributed by atoms with Crippen LogP contribution in [-0.2, 0) is 6.61 Å². The number of carbonyl (C=O) groups is 1. The number of hydrogen-bond donors (Lipinski definition) is 2. The number of ether oxygens (including phenoxy) is 2. The maximum atomic E-state index is 11.2. The van der Waals surface area contributed by atoms with E-state index in [0.717, 1.165) is 47.3 Å². The molecule has 0 unspecified atom stereocenters. The van der Waals surface area contributed by atoms with Gasteiger partial charge in [-0.05, 0) is 42.9 Å². The second-order valence-electron chi connectivity index (χ2n) is 7.89. The number of rotatable bonds is 8. The van der Waals surface area contributed by atoms with E-state index in [1.807, 2.05) is 42.5 Å². The summed E-state index contributed by atoms with van der Waals surface area (Å²) in [5.41, 5.74) is 6.87. The first-order valence-corrected chi connectivity index (χ1v) is 11.7. The molecule has 1 aliphatic heterocycles. The summed E-state index contributed by atoms with van der Waals surface area (Å²) in [6.07, 6.45) is 1.79. The molecule has 1 aliphatic rings. The van der Waals surface area contributed by atoms with E-state index < -0.39 is 6.03 Å². The summed E-state index contributed by atoms with van der Waals surface area (Å²) in [4.78, 5) is 26.7. The highest BCUT2D eigenvalue weighted by Gasteiger charge is 2.19. The van der Waals surface area contributed by atoms with Crippen LogP contribution in [0.3, 0.4) is 0 Å². The zero-order valence-corrected chi connectivity index (χ0v) is 20.0. The van der Waals surface area contributed by atoms with Crippen LogP contribution in [0.15, 0.2) is 64.5 Å². The lowest BCUT2D eigenvalue weighted by Crippen LogP contribution is -2.45. The van der Waals surface area contributed by atoms with E-state index in [9.17, 15) is 4.79 Å². The normalized spacial score (nSPS) is 14.0. The van der Waals surface area contributed by atoms with Crippen LogP contribution in [0, 0.1) is 0 Å². The van der Waals surface area contributed by atoms with Crippen molar-refractivity contribution < 1.29 is 14.3 Å². The molecule has 0 saturated carbocycles. The molecule has 10 heteroatoms. The van der Waals surface area contributed by atoms with Crippen molar-refractivity contribution in [3.8, 4) is 11.6 Å². The minimum atomic E-state index is -0.606. The molecule has 0 aliphatic carbocycles. The van der Waals surface area contributed by atoms with Gasteiger partial charge in [0.15, 0.2) is 0 Å². The van der Waals surface area contributed by atoms with Crippen molar-refractivity contribution in [3.63, 3.8) is 0 Å². The van der Waals surface area contributed by atoms with Gasteiger partial charge in [0.25, 0.3) is 0 Å².